The summed E-state index contributed by atoms with van der Waals surface area (Å²) >= 11 is 0. The number of anilines is 1. The van der Waals surface area contributed by atoms with Crippen molar-refractivity contribution < 1.29 is 24.5 Å². The largest absolute Gasteiger partial charge is 0.392 e. The first-order valence-corrected chi connectivity index (χ1v) is 12.7. The van der Waals surface area contributed by atoms with Gasteiger partial charge in [0.1, 0.15) is 18.7 Å². The number of rotatable bonds is 7. The van der Waals surface area contributed by atoms with Crippen LogP contribution in [-0.4, -0.2) is 83.2 Å². The SMILES string of the molecule is CCCOCC(O)C[N+]12[C@H](O)[C@@H](CC)C3C[C@H]1[C@@H]1N(C)c4ccccc4[C@]14C[C@H]2C3[C@H]4O. The Morgan fingerprint density at radius 1 is 1.22 bits per heavy atom. The fourth-order valence-electron chi connectivity index (χ4n) is 9.54. The van der Waals surface area contributed by atoms with Crippen LogP contribution in [0.15, 0.2) is 24.3 Å². The number of nitrogens with zero attached hydrogens (tertiary/aromatic N) is 2. The highest BCUT2D eigenvalue weighted by atomic mass is 16.5. The normalized spacial score (nSPS) is 48.2. The van der Waals surface area contributed by atoms with Crippen LogP contribution in [-0.2, 0) is 10.2 Å². The predicted molar refractivity (Wildman–Crippen MR) is 122 cm³/mol. The van der Waals surface area contributed by atoms with Crippen LogP contribution in [0.1, 0.15) is 45.1 Å². The van der Waals surface area contributed by atoms with E-state index in [1.807, 2.05) is 0 Å². The van der Waals surface area contributed by atoms with Gasteiger partial charge in [-0.05, 0) is 30.4 Å². The number of benzene rings is 1. The molecule has 32 heavy (non-hydrogen) atoms. The molecule has 5 heterocycles. The highest BCUT2D eigenvalue weighted by Crippen LogP contribution is 2.71. The van der Waals surface area contributed by atoms with Gasteiger partial charge in [0.25, 0.3) is 0 Å². The number of ether oxygens (including phenoxy) is 1. The molecule has 0 amide bonds. The molecule has 1 saturated carbocycles. The fraction of sp³-hybridized carbons (Fsp3) is 0.769. The number of piperidine rings is 4. The molecule has 176 valence electrons. The van der Waals surface area contributed by atoms with Crippen LogP contribution in [0.4, 0.5) is 5.69 Å². The standard InChI is InChI=1S/C26H39N2O4/c1-4-10-32-14-15(29)13-28-20-11-17(16(5-2)25(28)31)22-21(28)12-26(24(22)30)18-8-6-7-9-19(18)27(3)23(20)26/h6-9,15-17,20-25,29-31H,4-5,10-14H2,1-3H3/q+1/t15?,16-,17?,20-,21-,22?,23-,24+,25+,26+,28?/m0/s1. The van der Waals surface area contributed by atoms with Crippen LogP contribution >= 0.6 is 0 Å². The zero-order chi connectivity index (χ0) is 22.4. The van der Waals surface area contributed by atoms with Crippen LogP contribution in [0.5, 0.6) is 0 Å². The molecule has 6 aliphatic rings. The average Bonchev–Trinajstić information content (AvgIpc) is 3.17. The summed E-state index contributed by atoms with van der Waals surface area (Å²) in [6.07, 6.45) is 2.30. The van der Waals surface area contributed by atoms with Crippen molar-refractivity contribution in [2.75, 3.05) is 31.7 Å². The van der Waals surface area contributed by atoms with Gasteiger partial charge in [0, 0.05) is 44.0 Å². The van der Waals surface area contributed by atoms with E-state index in [0.29, 0.717) is 30.2 Å². The van der Waals surface area contributed by atoms with Crippen molar-refractivity contribution in [3.8, 4) is 0 Å². The van der Waals surface area contributed by atoms with E-state index in [9.17, 15) is 15.3 Å². The maximum Gasteiger partial charge on any atom is 0.194 e. The third-order valence-electron chi connectivity index (χ3n) is 10.3. The van der Waals surface area contributed by atoms with Crippen LogP contribution < -0.4 is 4.90 Å². The molecular weight excluding hydrogens is 404 g/mol. The molecule has 0 radical (unpaired) electrons. The van der Waals surface area contributed by atoms with Gasteiger partial charge >= 0.3 is 0 Å². The Labute approximate surface area is 191 Å². The maximum atomic E-state index is 12.0. The Morgan fingerprint density at radius 2 is 2.00 bits per heavy atom. The number of quaternary nitrogens is 1. The van der Waals surface area contributed by atoms with E-state index in [-0.39, 0.29) is 35.4 Å². The third kappa shape index (κ3) is 2.28. The summed E-state index contributed by atoms with van der Waals surface area (Å²) < 4.78 is 6.27. The Bertz CT molecular complexity index is 896. The second-order valence-corrected chi connectivity index (χ2v) is 11.3. The molecule has 4 unspecified atom stereocenters. The molecule has 6 nitrogen and oxygen atoms in total. The van der Waals surface area contributed by atoms with E-state index in [1.165, 1.54) is 11.3 Å². The van der Waals surface area contributed by atoms with E-state index in [1.54, 1.807) is 0 Å². The average molecular weight is 444 g/mol. The van der Waals surface area contributed by atoms with E-state index in [4.69, 9.17) is 4.74 Å². The molecule has 1 aliphatic carbocycles. The van der Waals surface area contributed by atoms with Crippen molar-refractivity contribution in [2.24, 2.45) is 17.8 Å². The number of para-hydroxylation sites is 1. The first-order chi connectivity index (χ1) is 15.4. The summed E-state index contributed by atoms with van der Waals surface area (Å²) in [6, 6.07) is 9.17. The van der Waals surface area contributed by atoms with E-state index in [2.05, 4.69) is 50.1 Å². The Kier molecular flexibility index (Phi) is 4.78. The van der Waals surface area contributed by atoms with E-state index < -0.39 is 18.4 Å². The lowest BCUT2D eigenvalue weighted by Crippen LogP contribution is -2.83. The molecule has 5 bridgehead atoms. The lowest BCUT2D eigenvalue weighted by atomic mass is 9.60. The second-order valence-electron chi connectivity index (χ2n) is 11.3. The van der Waals surface area contributed by atoms with Crippen molar-refractivity contribution in [3.63, 3.8) is 0 Å². The molecule has 4 saturated heterocycles. The lowest BCUT2D eigenvalue weighted by molar-refractivity contribution is -1.04. The highest BCUT2D eigenvalue weighted by Gasteiger charge is 2.83. The van der Waals surface area contributed by atoms with E-state index in [0.717, 1.165) is 25.7 Å². The number of aliphatic hydroxyl groups excluding tert-OH is 3. The lowest BCUT2D eigenvalue weighted by Gasteiger charge is -2.68. The summed E-state index contributed by atoms with van der Waals surface area (Å²) in [5.41, 5.74) is 2.27. The van der Waals surface area contributed by atoms with Crippen LogP contribution in [0, 0.1) is 17.8 Å². The highest BCUT2D eigenvalue weighted by molar-refractivity contribution is 5.66. The summed E-state index contributed by atoms with van der Waals surface area (Å²) in [5, 5.41) is 35.0. The monoisotopic (exact) mass is 443 g/mol. The molecule has 7 rings (SSSR count). The molecule has 0 aromatic heterocycles. The number of hydrogen-bond acceptors (Lipinski definition) is 5. The summed E-state index contributed by atoms with van der Waals surface area (Å²) in [5.74, 6) is 0.729. The van der Waals surface area contributed by atoms with Gasteiger partial charge < -0.3 is 25.0 Å². The molecule has 3 N–H and O–H groups in total. The Balaban J connectivity index is 1.47. The minimum Gasteiger partial charge on any atom is -0.392 e. The first-order valence-electron chi connectivity index (χ1n) is 12.7. The van der Waals surface area contributed by atoms with Crippen LogP contribution in [0.3, 0.4) is 0 Å². The zero-order valence-corrected chi connectivity index (χ0v) is 19.6. The van der Waals surface area contributed by atoms with Crippen molar-refractivity contribution in [1.82, 2.24) is 0 Å². The minimum absolute atomic E-state index is 0.150. The minimum atomic E-state index is -0.606. The number of fused-ring (bicyclic) bond motifs is 2. The Morgan fingerprint density at radius 3 is 2.75 bits per heavy atom. The number of hydrogen-bond donors (Lipinski definition) is 3. The second kappa shape index (κ2) is 7.16. The summed E-state index contributed by atoms with van der Waals surface area (Å²) in [4.78, 5) is 2.40. The quantitative estimate of drug-likeness (QED) is 0.443. The van der Waals surface area contributed by atoms with Gasteiger partial charge in [-0.25, -0.2) is 0 Å². The smallest absolute Gasteiger partial charge is 0.194 e. The Hall–Kier alpha value is -1.18. The molecule has 6 heteroatoms. The topological polar surface area (TPSA) is 73.2 Å². The van der Waals surface area contributed by atoms with Crippen LogP contribution in [0.2, 0.25) is 0 Å². The van der Waals surface area contributed by atoms with Gasteiger partial charge in [-0.3, -0.25) is 4.48 Å². The van der Waals surface area contributed by atoms with Crippen molar-refractivity contribution >= 4 is 5.69 Å². The molecule has 5 fully saturated rings. The van der Waals surface area contributed by atoms with Gasteiger partial charge in [0.2, 0.25) is 0 Å². The molecular formula is C26H39N2O4+. The zero-order valence-electron chi connectivity index (χ0n) is 19.6. The molecule has 11 atom stereocenters. The van der Waals surface area contributed by atoms with Crippen molar-refractivity contribution in [1.29, 1.82) is 0 Å². The third-order valence-corrected chi connectivity index (χ3v) is 10.3. The van der Waals surface area contributed by atoms with Crippen molar-refractivity contribution in [3.05, 3.63) is 29.8 Å². The molecule has 1 aromatic rings. The van der Waals surface area contributed by atoms with Crippen LogP contribution in [0.25, 0.3) is 0 Å². The van der Waals surface area contributed by atoms with Gasteiger partial charge in [0.15, 0.2) is 6.23 Å². The maximum absolute atomic E-state index is 12.0. The summed E-state index contributed by atoms with van der Waals surface area (Å²) in [7, 11) is 2.17. The number of aliphatic hydroxyl groups is 3. The summed E-state index contributed by atoms with van der Waals surface area (Å²) in [6.45, 7) is 5.74. The van der Waals surface area contributed by atoms with Gasteiger partial charge in [-0.15, -0.1) is 0 Å². The van der Waals surface area contributed by atoms with E-state index >= 15 is 0 Å². The van der Waals surface area contributed by atoms with Crippen molar-refractivity contribution in [2.45, 2.75) is 81.5 Å². The fourth-order valence-corrected chi connectivity index (χ4v) is 9.54. The molecule has 1 spiro atoms. The first kappa shape index (κ1) is 21.4. The molecule has 5 aliphatic heterocycles. The van der Waals surface area contributed by atoms with Gasteiger partial charge in [-0.1, -0.05) is 32.0 Å². The number of likely N-dealkylation sites (N-methyl/N-ethyl adjacent to an activating group) is 1. The predicted octanol–water partition coefficient (Wildman–Crippen LogP) is 1.86. The molecule has 1 aromatic carbocycles. The van der Waals surface area contributed by atoms with Gasteiger partial charge in [0.05, 0.1) is 30.2 Å². The van der Waals surface area contributed by atoms with Gasteiger partial charge in [-0.2, -0.15) is 0 Å².